The van der Waals surface area contributed by atoms with Crippen molar-refractivity contribution >= 4 is 18.0 Å². The van der Waals surface area contributed by atoms with Crippen molar-refractivity contribution in [2.45, 2.75) is 18.9 Å². The van der Waals surface area contributed by atoms with Crippen molar-refractivity contribution < 1.29 is 24.2 Å². The molecule has 0 fully saturated rings. The molecule has 2 amide bonds. The fraction of sp³-hybridized carbons (Fsp3) is 0.227. The zero-order chi connectivity index (χ0) is 20.8. The van der Waals surface area contributed by atoms with E-state index in [0.29, 0.717) is 0 Å². The van der Waals surface area contributed by atoms with Gasteiger partial charge < -0.3 is 20.5 Å². The molecule has 0 saturated carbocycles. The Morgan fingerprint density at radius 2 is 1.66 bits per heavy atom. The van der Waals surface area contributed by atoms with E-state index in [1.165, 1.54) is 6.92 Å². The molecule has 1 atom stereocenters. The molecule has 0 heterocycles. The van der Waals surface area contributed by atoms with Gasteiger partial charge in [0.15, 0.2) is 0 Å². The predicted molar refractivity (Wildman–Crippen MR) is 106 cm³/mol. The number of nitrogens with one attached hydrogen (secondary N) is 2. The highest BCUT2D eigenvalue weighted by molar-refractivity contribution is 5.96. The van der Waals surface area contributed by atoms with E-state index in [4.69, 9.17) is 9.84 Å². The first-order chi connectivity index (χ1) is 14.0. The standard InChI is InChI=1S/C22H20N2O5/c1-14(21(26)27)24-20(25)11-6-12-23-22(28)29-13-19-17-9-4-2-7-15(17)16-8-3-5-10-18(16)19/h2-5,7-10,14,19H,12-13H2,1H3,(H,23,28)(H,24,25)(H,26,27)/t14-/m1/s1. The van der Waals surface area contributed by atoms with Gasteiger partial charge in [0.2, 0.25) is 0 Å². The maximum Gasteiger partial charge on any atom is 0.407 e. The van der Waals surface area contributed by atoms with E-state index in [9.17, 15) is 14.4 Å². The average Bonchev–Trinajstić information content (AvgIpc) is 3.03. The molecule has 0 saturated heterocycles. The highest BCUT2D eigenvalue weighted by Gasteiger charge is 2.28. The van der Waals surface area contributed by atoms with Gasteiger partial charge in [-0.3, -0.25) is 9.59 Å². The Kier molecular flexibility index (Phi) is 6.15. The van der Waals surface area contributed by atoms with E-state index in [0.717, 1.165) is 22.3 Å². The Labute approximate surface area is 168 Å². The molecule has 29 heavy (non-hydrogen) atoms. The highest BCUT2D eigenvalue weighted by Crippen LogP contribution is 2.44. The molecule has 0 aromatic heterocycles. The molecule has 7 heteroatoms. The predicted octanol–water partition coefficient (Wildman–Crippen LogP) is 2.12. The molecule has 3 rings (SSSR count). The Morgan fingerprint density at radius 3 is 2.24 bits per heavy atom. The van der Waals surface area contributed by atoms with Crippen molar-refractivity contribution in [2.75, 3.05) is 13.2 Å². The summed E-state index contributed by atoms with van der Waals surface area (Å²) in [7, 11) is 0. The van der Waals surface area contributed by atoms with Crippen molar-refractivity contribution in [3.05, 3.63) is 59.7 Å². The highest BCUT2D eigenvalue weighted by atomic mass is 16.5. The maximum atomic E-state index is 12.0. The quantitative estimate of drug-likeness (QED) is 0.676. The number of carboxylic acid groups (broad SMARTS) is 1. The van der Waals surface area contributed by atoms with Crippen molar-refractivity contribution in [2.24, 2.45) is 0 Å². The van der Waals surface area contributed by atoms with Crippen molar-refractivity contribution in [1.29, 1.82) is 0 Å². The zero-order valence-electron chi connectivity index (χ0n) is 15.8. The summed E-state index contributed by atoms with van der Waals surface area (Å²) in [5.74, 6) is 2.74. The van der Waals surface area contributed by atoms with Gasteiger partial charge >= 0.3 is 12.1 Å². The van der Waals surface area contributed by atoms with E-state index in [2.05, 4.69) is 34.6 Å². The normalized spacial score (nSPS) is 12.6. The number of hydrogen-bond acceptors (Lipinski definition) is 4. The lowest BCUT2D eigenvalue weighted by atomic mass is 9.98. The smallest absolute Gasteiger partial charge is 0.407 e. The molecule has 1 aliphatic rings. The number of carboxylic acids is 1. The van der Waals surface area contributed by atoms with Crippen molar-refractivity contribution in [1.82, 2.24) is 10.6 Å². The number of ether oxygens (including phenoxy) is 1. The lowest BCUT2D eigenvalue weighted by Crippen LogP contribution is -2.37. The van der Waals surface area contributed by atoms with Crippen LogP contribution in [0.25, 0.3) is 11.1 Å². The minimum absolute atomic E-state index is 0.0393. The number of alkyl carbamates (subject to hydrolysis) is 1. The van der Waals surface area contributed by atoms with E-state index in [1.54, 1.807) is 0 Å². The summed E-state index contributed by atoms with van der Waals surface area (Å²) in [4.78, 5) is 34.1. The number of rotatable bonds is 5. The van der Waals surface area contributed by atoms with Crippen LogP contribution in [0, 0.1) is 11.8 Å². The third-order valence-corrected chi connectivity index (χ3v) is 4.58. The zero-order valence-corrected chi connectivity index (χ0v) is 15.8. The van der Waals surface area contributed by atoms with Gasteiger partial charge in [-0.1, -0.05) is 54.5 Å². The number of fused-ring (bicyclic) bond motifs is 3. The molecule has 0 radical (unpaired) electrons. The van der Waals surface area contributed by atoms with Gasteiger partial charge in [0, 0.05) is 5.92 Å². The summed E-state index contributed by atoms with van der Waals surface area (Å²) < 4.78 is 5.35. The topological polar surface area (TPSA) is 105 Å². The molecule has 1 aliphatic carbocycles. The SMILES string of the molecule is C[C@@H](NC(=O)C#CCNC(=O)OCC1c2ccccc2-c2ccccc21)C(=O)O. The number of aliphatic carboxylic acids is 1. The van der Waals surface area contributed by atoms with Crippen LogP contribution < -0.4 is 10.6 Å². The summed E-state index contributed by atoms with van der Waals surface area (Å²) in [5, 5.41) is 13.4. The summed E-state index contributed by atoms with van der Waals surface area (Å²) >= 11 is 0. The van der Waals surface area contributed by atoms with Crippen LogP contribution in [-0.4, -0.2) is 42.3 Å². The van der Waals surface area contributed by atoms with Crippen molar-refractivity contribution in [3.8, 4) is 23.0 Å². The Hall–Kier alpha value is -3.79. The Balaban J connectivity index is 1.51. The largest absolute Gasteiger partial charge is 0.480 e. The van der Waals surface area contributed by atoms with Crippen LogP contribution in [0.1, 0.15) is 24.0 Å². The van der Waals surface area contributed by atoms with Gasteiger partial charge in [0.25, 0.3) is 5.91 Å². The second kappa shape index (κ2) is 8.93. The van der Waals surface area contributed by atoms with Gasteiger partial charge in [-0.05, 0) is 35.1 Å². The van der Waals surface area contributed by atoms with Gasteiger partial charge in [0.1, 0.15) is 12.6 Å². The minimum Gasteiger partial charge on any atom is -0.480 e. The molecule has 0 spiro atoms. The van der Waals surface area contributed by atoms with E-state index < -0.39 is 24.0 Å². The van der Waals surface area contributed by atoms with Gasteiger partial charge in [-0.15, -0.1) is 0 Å². The number of benzene rings is 2. The van der Waals surface area contributed by atoms with Crippen LogP contribution in [0.2, 0.25) is 0 Å². The van der Waals surface area contributed by atoms with Gasteiger partial charge in [0.05, 0.1) is 6.54 Å². The average molecular weight is 392 g/mol. The third kappa shape index (κ3) is 4.74. The van der Waals surface area contributed by atoms with Crippen LogP contribution in [0.5, 0.6) is 0 Å². The molecule has 148 valence electrons. The Bertz CT molecular complexity index is 960. The molecule has 0 unspecified atom stereocenters. The first-order valence-corrected chi connectivity index (χ1v) is 9.08. The van der Waals surface area contributed by atoms with E-state index in [-0.39, 0.29) is 19.1 Å². The minimum atomic E-state index is -1.16. The summed E-state index contributed by atoms with van der Waals surface area (Å²) in [6.07, 6.45) is -0.638. The van der Waals surface area contributed by atoms with Crippen LogP contribution in [0.4, 0.5) is 4.79 Å². The lowest BCUT2D eigenvalue weighted by molar-refractivity contribution is -0.140. The maximum absolute atomic E-state index is 12.0. The molecular weight excluding hydrogens is 372 g/mol. The number of amides is 2. The van der Waals surface area contributed by atoms with Crippen molar-refractivity contribution in [3.63, 3.8) is 0 Å². The lowest BCUT2D eigenvalue weighted by Gasteiger charge is -2.14. The van der Waals surface area contributed by atoms with E-state index in [1.807, 2.05) is 36.4 Å². The molecular formula is C22H20N2O5. The molecule has 2 aromatic carbocycles. The summed E-state index contributed by atoms with van der Waals surface area (Å²) in [5.41, 5.74) is 4.52. The van der Waals surface area contributed by atoms with Gasteiger partial charge in [-0.2, -0.15) is 0 Å². The third-order valence-electron chi connectivity index (χ3n) is 4.58. The first-order valence-electron chi connectivity index (χ1n) is 9.08. The fourth-order valence-corrected chi connectivity index (χ4v) is 3.18. The molecule has 0 bridgehead atoms. The van der Waals surface area contributed by atoms with E-state index >= 15 is 0 Å². The summed E-state index contributed by atoms with van der Waals surface area (Å²) in [6.45, 7) is 1.42. The molecule has 7 nitrogen and oxygen atoms in total. The van der Waals surface area contributed by atoms with Gasteiger partial charge in [-0.25, -0.2) is 4.79 Å². The fourth-order valence-electron chi connectivity index (χ4n) is 3.18. The number of hydrogen-bond donors (Lipinski definition) is 3. The Morgan fingerprint density at radius 1 is 1.07 bits per heavy atom. The molecule has 2 aromatic rings. The second-order valence-corrected chi connectivity index (χ2v) is 6.51. The van der Waals surface area contributed by atoms with Crippen LogP contribution >= 0.6 is 0 Å². The van der Waals surface area contributed by atoms with Crippen LogP contribution in [0.15, 0.2) is 48.5 Å². The first kappa shape index (κ1) is 20.0. The second-order valence-electron chi connectivity index (χ2n) is 6.51. The summed E-state index contributed by atoms with van der Waals surface area (Å²) in [6, 6.07) is 15.0. The molecule has 0 aliphatic heterocycles. The van der Waals surface area contributed by atoms with Crippen LogP contribution in [0.3, 0.4) is 0 Å². The number of carbonyl (C=O) groups excluding carboxylic acids is 2. The van der Waals surface area contributed by atoms with Crippen LogP contribution in [-0.2, 0) is 14.3 Å². The molecule has 3 N–H and O–H groups in total. The monoisotopic (exact) mass is 392 g/mol. The number of carbonyl (C=O) groups is 3.